The average molecular weight is 274 g/mol. The highest BCUT2D eigenvalue weighted by Gasteiger charge is 2.25. The minimum absolute atomic E-state index is 0.0613. The summed E-state index contributed by atoms with van der Waals surface area (Å²) in [6, 6.07) is 6.54. The smallest absolute Gasteiger partial charge is 0.225 e. The Morgan fingerprint density at radius 3 is 2.50 bits per heavy atom. The van der Waals surface area contributed by atoms with Crippen LogP contribution in [0.5, 0.6) is 0 Å². The highest BCUT2D eigenvalue weighted by atomic mass is 16.2. The molecule has 2 rings (SSSR count). The lowest BCUT2D eigenvalue weighted by molar-refractivity contribution is -0.135. The third kappa shape index (κ3) is 2.88. The van der Waals surface area contributed by atoms with Crippen LogP contribution in [-0.4, -0.2) is 10.8 Å². The number of hydrogen-bond donors (Lipinski definition) is 1. The molecule has 20 heavy (non-hydrogen) atoms. The van der Waals surface area contributed by atoms with Gasteiger partial charge in [0.15, 0.2) is 0 Å². The van der Waals surface area contributed by atoms with Crippen molar-refractivity contribution < 1.29 is 4.79 Å². The van der Waals surface area contributed by atoms with Crippen LogP contribution in [0.2, 0.25) is 0 Å². The minimum atomic E-state index is 0.0613. The lowest BCUT2D eigenvalue weighted by atomic mass is 9.91. The van der Waals surface area contributed by atoms with E-state index in [9.17, 15) is 4.79 Å². The molecule has 0 spiro atoms. The first-order chi connectivity index (χ1) is 9.43. The zero-order chi connectivity index (χ0) is 14.9. The van der Waals surface area contributed by atoms with Gasteiger partial charge in [-0.1, -0.05) is 52.3 Å². The van der Waals surface area contributed by atoms with Crippen molar-refractivity contribution in [2.45, 2.75) is 53.2 Å². The molecule has 3 heteroatoms. The van der Waals surface area contributed by atoms with Crippen molar-refractivity contribution in [3.8, 4) is 0 Å². The van der Waals surface area contributed by atoms with E-state index in [0.29, 0.717) is 5.92 Å². The highest BCUT2D eigenvalue weighted by Crippen LogP contribution is 2.29. The van der Waals surface area contributed by atoms with E-state index < -0.39 is 0 Å². The normalized spacial score (nSPS) is 17.2. The zero-order valence-corrected chi connectivity index (χ0v) is 13.0. The Hall–Kier alpha value is -1.35. The second kappa shape index (κ2) is 5.96. The van der Waals surface area contributed by atoms with Crippen molar-refractivity contribution in [3.05, 3.63) is 34.9 Å². The summed E-state index contributed by atoms with van der Waals surface area (Å²) < 4.78 is 0. The molecular formula is C17H26N2O. The average Bonchev–Trinajstić information content (AvgIpc) is 2.87. The summed E-state index contributed by atoms with van der Waals surface area (Å²) in [6.07, 6.45) is 1.08. The van der Waals surface area contributed by atoms with Crippen LogP contribution in [0.25, 0.3) is 0 Å². The van der Waals surface area contributed by atoms with Crippen LogP contribution in [0.4, 0.5) is 0 Å². The maximum absolute atomic E-state index is 12.1. The Labute approximate surface area is 122 Å². The fourth-order valence-corrected chi connectivity index (χ4v) is 2.73. The van der Waals surface area contributed by atoms with Gasteiger partial charge in [0.2, 0.25) is 5.91 Å². The third-order valence-corrected chi connectivity index (χ3v) is 4.40. The second-order valence-electron chi connectivity index (χ2n) is 6.29. The molecule has 3 nitrogen and oxygen atoms in total. The summed E-state index contributed by atoms with van der Waals surface area (Å²) in [6.45, 7) is 9.73. The maximum atomic E-state index is 12.1. The third-order valence-electron chi connectivity index (χ3n) is 4.40. The second-order valence-corrected chi connectivity index (χ2v) is 6.29. The number of fused-ring (bicyclic) bond motifs is 1. The Bertz CT molecular complexity index is 496. The number of amides is 1. The summed E-state index contributed by atoms with van der Waals surface area (Å²) in [4.78, 5) is 14.0. The molecule has 0 saturated heterocycles. The molecule has 2 N–H and O–H groups in total. The highest BCUT2D eigenvalue weighted by molar-refractivity contribution is 5.78. The van der Waals surface area contributed by atoms with Gasteiger partial charge in [-0.15, -0.1) is 0 Å². The van der Waals surface area contributed by atoms with Gasteiger partial charge < -0.3 is 10.6 Å². The van der Waals surface area contributed by atoms with E-state index in [1.165, 1.54) is 16.7 Å². The number of carbonyl (C=O) groups excluding carboxylic acids is 1. The number of hydrogen-bond acceptors (Lipinski definition) is 2. The monoisotopic (exact) mass is 274 g/mol. The van der Waals surface area contributed by atoms with Crippen molar-refractivity contribution in [3.63, 3.8) is 0 Å². The molecule has 1 aromatic carbocycles. The zero-order valence-electron chi connectivity index (χ0n) is 13.0. The first kappa shape index (κ1) is 15.0. The van der Waals surface area contributed by atoms with Crippen molar-refractivity contribution in [2.24, 2.45) is 17.6 Å². The fraction of sp³-hybridized carbons (Fsp3) is 0.588. The molecular weight excluding hydrogens is 248 g/mol. The van der Waals surface area contributed by atoms with Crippen LogP contribution in [-0.2, 0) is 17.9 Å². The molecule has 1 amide bonds. The Morgan fingerprint density at radius 2 is 1.90 bits per heavy atom. The van der Waals surface area contributed by atoms with Gasteiger partial charge in [0.1, 0.15) is 0 Å². The summed E-state index contributed by atoms with van der Waals surface area (Å²) in [5, 5.41) is 0. The van der Waals surface area contributed by atoms with Crippen molar-refractivity contribution >= 4 is 5.91 Å². The molecule has 2 atom stereocenters. The van der Waals surface area contributed by atoms with Crippen molar-refractivity contribution in [1.82, 2.24) is 4.90 Å². The van der Waals surface area contributed by atoms with Crippen LogP contribution < -0.4 is 5.73 Å². The predicted octanol–water partition coefficient (Wildman–Crippen LogP) is 3.23. The number of benzene rings is 1. The van der Waals surface area contributed by atoms with E-state index in [1.807, 2.05) is 18.7 Å². The number of nitrogens with two attached hydrogens (primary N) is 1. The molecule has 0 bridgehead atoms. The van der Waals surface area contributed by atoms with Gasteiger partial charge in [0.05, 0.1) is 0 Å². The molecule has 1 heterocycles. The van der Waals surface area contributed by atoms with Gasteiger partial charge in [-0.3, -0.25) is 4.79 Å². The Morgan fingerprint density at radius 1 is 1.25 bits per heavy atom. The molecule has 0 fully saturated rings. The van der Waals surface area contributed by atoms with Crippen molar-refractivity contribution in [1.29, 1.82) is 0 Å². The maximum Gasteiger partial charge on any atom is 0.225 e. The molecule has 1 aliphatic heterocycles. The summed E-state index contributed by atoms with van der Waals surface area (Å²) in [5.74, 6) is 0.767. The van der Waals surface area contributed by atoms with Crippen LogP contribution >= 0.6 is 0 Å². The molecule has 0 radical (unpaired) electrons. The minimum Gasteiger partial charge on any atom is -0.334 e. The van der Waals surface area contributed by atoms with E-state index >= 15 is 0 Å². The van der Waals surface area contributed by atoms with Crippen LogP contribution in [0.15, 0.2) is 18.2 Å². The van der Waals surface area contributed by atoms with Crippen molar-refractivity contribution in [2.75, 3.05) is 0 Å². The fourth-order valence-electron chi connectivity index (χ4n) is 2.73. The number of carbonyl (C=O) groups is 1. The first-order valence-corrected chi connectivity index (χ1v) is 7.60. The molecule has 0 aromatic heterocycles. The first-order valence-electron chi connectivity index (χ1n) is 7.60. The van der Waals surface area contributed by atoms with E-state index in [4.69, 9.17) is 5.73 Å². The van der Waals surface area contributed by atoms with Gasteiger partial charge in [0.25, 0.3) is 0 Å². The standard InChI is InChI=1S/C17H26N2O/c1-5-12(4)16(18)13-6-7-14-9-19(10-15(14)8-13)17(20)11(2)3/h6-8,11-12,16H,5,9-10,18H2,1-4H3. The van der Waals surface area contributed by atoms with Gasteiger partial charge in [-0.2, -0.15) is 0 Å². The topological polar surface area (TPSA) is 46.3 Å². The van der Waals surface area contributed by atoms with E-state index in [-0.39, 0.29) is 17.9 Å². The van der Waals surface area contributed by atoms with Crippen LogP contribution in [0.1, 0.15) is 56.8 Å². The van der Waals surface area contributed by atoms with Gasteiger partial charge in [-0.25, -0.2) is 0 Å². The lowest BCUT2D eigenvalue weighted by Gasteiger charge is -2.19. The summed E-state index contributed by atoms with van der Waals surface area (Å²) in [7, 11) is 0. The van der Waals surface area contributed by atoms with E-state index in [2.05, 4.69) is 32.0 Å². The number of rotatable bonds is 4. The van der Waals surface area contributed by atoms with Gasteiger partial charge >= 0.3 is 0 Å². The summed E-state index contributed by atoms with van der Waals surface area (Å²) >= 11 is 0. The number of nitrogens with zero attached hydrogens (tertiary/aromatic N) is 1. The van der Waals surface area contributed by atoms with Gasteiger partial charge in [0, 0.05) is 25.0 Å². The van der Waals surface area contributed by atoms with Crippen LogP contribution in [0.3, 0.4) is 0 Å². The molecule has 2 unspecified atom stereocenters. The van der Waals surface area contributed by atoms with E-state index in [0.717, 1.165) is 19.5 Å². The van der Waals surface area contributed by atoms with E-state index in [1.54, 1.807) is 0 Å². The quantitative estimate of drug-likeness (QED) is 0.916. The molecule has 1 aliphatic rings. The largest absolute Gasteiger partial charge is 0.334 e. The molecule has 1 aromatic rings. The summed E-state index contributed by atoms with van der Waals surface area (Å²) in [5.41, 5.74) is 10.0. The lowest BCUT2D eigenvalue weighted by Crippen LogP contribution is -2.29. The Balaban J connectivity index is 2.16. The molecule has 110 valence electrons. The van der Waals surface area contributed by atoms with Crippen LogP contribution in [0, 0.1) is 11.8 Å². The Kier molecular flexibility index (Phi) is 4.48. The van der Waals surface area contributed by atoms with Gasteiger partial charge in [-0.05, 0) is 22.6 Å². The molecule has 0 saturated carbocycles. The SMILES string of the molecule is CCC(C)C(N)c1ccc2c(c1)CN(C(=O)C(C)C)C2. The molecule has 0 aliphatic carbocycles. The predicted molar refractivity (Wildman–Crippen MR) is 81.9 cm³/mol.